The average molecular weight is 215 g/mol. The summed E-state index contributed by atoms with van der Waals surface area (Å²) in [6.45, 7) is 4.02. The molecule has 16 heavy (non-hydrogen) atoms. The molecule has 0 saturated heterocycles. The molecule has 84 valence electrons. The van der Waals surface area contributed by atoms with Crippen LogP contribution in [0.4, 0.5) is 0 Å². The quantitative estimate of drug-likeness (QED) is 0.553. The van der Waals surface area contributed by atoms with Crippen LogP contribution in [0.15, 0.2) is 24.4 Å². The van der Waals surface area contributed by atoms with Crippen molar-refractivity contribution in [2.75, 3.05) is 13.7 Å². The summed E-state index contributed by atoms with van der Waals surface area (Å²) in [5, 5.41) is 1.36. The molecule has 3 heteroatoms. The summed E-state index contributed by atoms with van der Waals surface area (Å²) in [5.74, 6) is 0. The van der Waals surface area contributed by atoms with Gasteiger partial charge in [0.1, 0.15) is 7.85 Å². The largest absolute Gasteiger partial charge is 0.385 e. The number of rotatable bonds is 4. The molecule has 0 amide bonds. The Morgan fingerprint density at radius 3 is 2.94 bits per heavy atom. The zero-order valence-corrected chi connectivity index (χ0v) is 10.3. The lowest BCUT2D eigenvalue weighted by Gasteiger charge is -2.05. The number of aromatic nitrogens is 1. The number of hydrogen-bond donors (Lipinski definition) is 0. The number of ether oxygens (including phenoxy) is 1. The minimum atomic E-state index is 0.824. The maximum absolute atomic E-state index is 5.09. The van der Waals surface area contributed by atoms with E-state index in [1.807, 2.05) is 0 Å². The molecule has 1 aromatic carbocycles. The lowest BCUT2D eigenvalue weighted by Crippen LogP contribution is -2.04. The smallest absolute Gasteiger partial charge is 0.139 e. The van der Waals surface area contributed by atoms with E-state index in [1.165, 1.54) is 21.9 Å². The van der Waals surface area contributed by atoms with E-state index < -0.39 is 0 Å². The summed E-state index contributed by atoms with van der Waals surface area (Å²) in [7, 11) is 3.89. The molecule has 0 aliphatic heterocycles. The van der Waals surface area contributed by atoms with Crippen molar-refractivity contribution in [3.8, 4) is 0 Å². The van der Waals surface area contributed by atoms with Gasteiger partial charge >= 0.3 is 0 Å². The highest BCUT2D eigenvalue weighted by Crippen LogP contribution is 2.19. The predicted octanol–water partition coefficient (Wildman–Crippen LogP) is 1.24. The van der Waals surface area contributed by atoms with Gasteiger partial charge in [0.2, 0.25) is 0 Å². The zero-order valence-electron chi connectivity index (χ0n) is 10.3. The van der Waals surface area contributed by atoms with Crippen LogP contribution in [0.2, 0.25) is 0 Å². The SMILES string of the molecule is Bc1ccc2c(C)cn(CCCOC)c2c1. The van der Waals surface area contributed by atoms with Gasteiger partial charge in [-0.1, -0.05) is 17.6 Å². The number of hydrogen-bond acceptors (Lipinski definition) is 1. The minimum absolute atomic E-state index is 0.824. The van der Waals surface area contributed by atoms with Crippen LogP contribution in [0.5, 0.6) is 0 Å². The maximum atomic E-state index is 5.09. The van der Waals surface area contributed by atoms with E-state index in [0.29, 0.717) is 0 Å². The van der Waals surface area contributed by atoms with Gasteiger partial charge in [0, 0.05) is 37.4 Å². The lowest BCUT2D eigenvalue weighted by molar-refractivity contribution is 0.190. The molecule has 2 aromatic rings. The third-order valence-electron chi connectivity index (χ3n) is 2.98. The first-order chi connectivity index (χ1) is 7.72. The molecule has 0 spiro atoms. The third kappa shape index (κ3) is 2.14. The Kier molecular flexibility index (Phi) is 3.35. The lowest BCUT2D eigenvalue weighted by atomic mass is 9.95. The Labute approximate surface area is 97.6 Å². The second-order valence-corrected chi connectivity index (χ2v) is 4.37. The molecule has 0 radical (unpaired) electrons. The van der Waals surface area contributed by atoms with Crippen molar-refractivity contribution >= 4 is 24.2 Å². The van der Waals surface area contributed by atoms with Crippen LogP contribution in [0.25, 0.3) is 10.9 Å². The van der Waals surface area contributed by atoms with E-state index in [9.17, 15) is 0 Å². The fourth-order valence-corrected chi connectivity index (χ4v) is 2.15. The molecule has 0 bridgehead atoms. The molecule has 2 nitrogen and oxygen atoms in total. The van der Waals surface area contributed by atoms with Gasteiger partial charge < -0.3 is 9.30 Å². The molecular formula is C13H18BNO. The van der Waals surface area contributed by atoms with Gasteiger partial charge in [0.25, 0.3) is 0 Å². The minimum Gasteiger partial charge on any atom is -0.385 e. The van der Waals surface area contributed by atoms with E-state index in [0.717, 1.165) is 19.6 Å². The molecule has 0 atom stereocenters. The van der Waals surface area contributed by atoms with Crippen molar-refractivity contribution in [3.63, 3.8) is 0 Å². The Balaban J connectivity index is 2.33. The molecule has 0 saturated carbocycles. The maximum Gasteiger partial charge on any atom is 0.139 e. The van der Waals surface area contributed by atoms with Gasteiger partial charge in [-0.15, -0.1) is 0 Å². The fraction of sp³-hybridized carbons (Fsp3) is 0.385. The van der Waals surface area contributed by atoms with Crippen LogP contribution in [-0.4, -0.2) is 26.1 Å². The first-order valence-corrected chi connectivity index (χ1v) is 5.77. The second kappa shape index (κ2) is 4.75. The van der Waals surface area contributed by atoms with Crippen molar-refractivity contribution in [1.29, 1.82) is 0 Å². The van der Waals surface area contributed by atoms with Crippen molar-refractivity contribution in [1.82, 2.24) is 4.57 Å². The second-order valence-electron chi connectivity index (χ2n) is 4.37. The van der Waals surface area contributed by atoms with E-state index in [-0.39, 0.29) is 0 Å². The van der Waals surface area contributed by atoms with Crippen LogP contribution in [-0.2, 0) is 11.3 Å². The first kappa shape index (κ1) is 11.3. The molecule has 0 aliphatic carbocycles. The van der Waals surface area contributed by atoms with Crippen LogP contribution >= 0.6 is 0 Å². The van der Waals surface area contributed by atoms with Gasteiger partial charge in [-0.3, -0.25) is 0 Å². The van der Waals surface area contributed by atoms with Crippen molar-refractivity contribution < 1.29 is 4.74 Å². The average Bonchev–Trinajstić information content (AvgIpc) is 2.56. The van der Waals surface area contributed by atoms with E-state index in [4.69, 9.17) is 4.74 Å². The van der Waals surface area contributed by atoms with Gasteiger partial charge in [0.05, 0.1) is 0 Å². The highest BCUT2D eigenvalue weighted by Gasteiger charge is 2.04. The molecule has 2 rings (SSSR count). The number of benzene rings is 1. The van der Waals surface area contributed by atoms with Crippen molar-refractivity contribution in [2.24, 2.45) is 0 Å². The molecule has 1 aromatic heterocycles. The standard InChI is InChI=1S/C13H18BNO/c1-10-9-15(6-3-7-16-2)13-8-11(14)4-5-12(10)13/h4-5,8-9H,3,6-7,14H2,1-2H3. The summed E-state index contributed by atoms with van der Waals surface area (Å²) >= 11 is 0. The fourth-order valence-electron chi connectivity index (χ4n) is 2.15. The summed E-state index contributed by atoms with van der Waals surface area (Å²) in [6, 6.07) is 6.65. The molecule has 0 N–H and O–H groups in total. The van der Waals surface area contributed by atoms with Gasteiger partial charge in [-0.25, -0.2) is 0 Å². The summed E-state index contributed by atoms with van der Waals surface area (Å²) < 4.78 is 7.42. The molecular weight excluding hydrogens is 197 g/mol. The Morgan fingerprint density at radius 2 is 2.19 bits per heavy atom. The predicted molar refractivity (Wildman–Crippen MR) is 71.3 cm³/mol. The summed E-state index contributed by atoms with van der Waals surface area (Å²) in [5.41, 5.74) is 4.01. The Morgan fingerprint density at radius 1 is 1.38 bits per heavy atom. The highest BCUT2D eigenvalue weighted by molar-refractivity contribution is 6.33. The molecule has 0 unspecified atom stereocenters. The monoisotopic (exact) mass is 215 g/mol. The van der Waals surface area contributed by atoms with E-state index in [2.05, 4.69) is 43.7 Å². The Hall–Kier alpha value is -1.22. The van der Waals surface area contributed by atoms with E-state index in [1.54, 1.807) is 7.11 Å². The highest BCUT2D eigenvalue weighted by atomic mass is 16.5. The van der Waals surface area contributed by atoms with Gasteiger partial charge in [-0.05, 0) is 25.0 Å². The topological polar surface area (TPSA) is 14.2 Å². The molecule has 1 heterocycles. The van der Waals surface area contributed by atoms with Crippen LogP contribution in [0.3, 0.4) is 0 Å². The van der Waals surface area contributed by atoms with Crippen LogP contribution in [0, 0.1) is 6.92 Å². The van der Waals surface area contributed by atoms with E-state index >= 15 is 0 Å². The van der Waals surface area contributed by atoms with Crippen molar-refractivity contribution in [2.45, 2.75) is 19.9 Å². The summed E-state index contributed by atoms with van der Waals surface area (Å²) in [4.78, 5) is 0. The third-order valence-corrected chi connectivity index (χ3v) is 2.98. The van der Waals surface area contributed by atoms with Gasteiger partial charge in [-0.2, -0.15) is 0 Å². The Bertz CT molecular complexity index is 490. The number of methoxy groups -OCH3 is 1. The number of nitrogens with zero attached hydrogens (tertiary/aromatic N) is 1. The molecule has 0 fully saturated rings. The van der Waals surface area contributed by atoms with Crippen molar-refractivity contribution in [3.05, 3.63) is 30.0 Å². The van der Waals surface area contributed by atoms with Gasteiger partial charge in [0.15, 0.2) is 0 Å². The molecule has 0 aliphatic rings. The number of aryl methyl sites for hydroxylation is 2. The normalized spacial score (nSPS) is 11.1. The number of fused-ring (bicyclic) bond motifs is 1. The summed E-state index contributed by atoms with van der Waals surface area (Å²) in [6.07, 6.45) is 3.30. The van der Waals surface area contributed by atoms with Crippen LogP contribution in [0.1, 0.15) is 12.0 Å². The van der Waals surface area contributed by atoms with Crippen LogP contribution < -0.4 is 5.46 Å². The zero-order chi connectivity index (χ0) is 11.5. The first-order valence-electron chi connectivity index (χ1n) is 5.77.